The molecule has 0 spiro atoms. The second-order valence-corrected chi connectivity index (χ2v) is 7.06. The van der Waals surface area contributed by atoms with Crippen molar-refractivity contribution in [2.45, 2.75) is 26.2 Å². The van der Waals surface area contributed by atoms with E-state index in [2.05, 4.69) is 22.3 Å². The zero-order valence-electron chi connectivity index (χ0n) is 17.2. The fourth-order valence-electron chi connectivity index (χ4n) is 3.65. The first-order valence-electron chi connectivity index (χ1n) is 10.3. The topological polar surface area (TPSA) is 84.7 Å². The van der Waals surface area contributed by atoms with Gasteiger partial charge in [-0.15, -0.1) is 0 Å². The molecule has 30 heavy (non-hydrogen) atoms. The number of nitrogens with zero attached hydrogens (tertiary/aromatic N) is 2. The van der Waals surface area contributed by atoms with E-state index in [-0.39, 0.29) is 16.6 Å². The van der Waals surface area contributed by atoms with E-state index in [9.17, 15) is 14.9 Å². The van der Waals surface area contributed by atoms with Crippen LogP contribution in [0, 0.1) is 10.1 Å². The van der Waals surface area contributed by atoms with Gasteiger partial charge in [0, 0.05) is 37.0 Å². The maximum absolute atomic E-state index is 11.3. The molecule has 0 radical (unpaired) electrons. The van der Waals surface area contributed by atoms with Gasteiger partial charge in [-0.25, -0.2) is 4.79 Å². The molecule has 0 unspecified atom stereocenters. The van der Waals surface area contributed by atoms with Crippen LogP contribution in [-0.2, 0) is 22.4 Å². The number of anilines is 2. The molecular weight excluding hydrogens is 382 g/mol. The Labute approximate surface area is 176 Å². The lowest BCUT2D eigenvalue weighted by Crippen LogP contribution is -2.24. The molecule has 1 N–H and O–H groups in total. The van der Waals surface area contributed by atoms with Crippen molar-refractivity contribution in [3.8, 4) is 0 Å². The minimum atomic E-state index is -0.341. The molecule has 0 fully saturated rings. The van der Waals surface area contributed by atoms with Crippen LogP contribution in [0.1, 0.15) is 24.5 Å². The summed E-state index contributed by atoms with van der Waals surface area (Å²) in [4.78, 5) is 24.5. The molecular formula is C23H27N3O4. The fraction of sp³-hybridized carbons (Fsp3) is 0.348. The van der Waals surface area contributed by atoms with E-state index in [0.29, 0.717) is 13.2 Å². The first kappa shape index (κ1) is 21.5. The smallest absolute Gasteiger partial charge is 0.330 e. The van der Waals surface area contributed by atoms with Gasteiger partial charge in [-0.2, -0.15) is 0 Å². The number of esters is 1. The third-order valence-electron chi connectivity index (χ3n) is 5.05. The molecule has 3 rings (SSSR count). The summed E-state index contributed by atoms with van der Waals surface area (Å²) in [5.74, 6) is -0.335. The molecule has 158 valence electrons. The molecule has 0 aromatic heterocycles. The second-order valence-electron chi connectivity index (χ2n) is 7.06. The summed E-state index contributed by atoms with van der Waals surface area (Å²) in [5, 5.41) is 14.6. The van der Waals surface area contributed by atoms with E-state index in [1.807, 2.05) is 18.2 Å². The molecule has 0 aliphatic carbocycles. The van der Waals surface area contributed by atoms with Crippen LogP contribution in [0.15, 0.2) is 54.6 Å². The number of carbonyl (C=O) groups is 1. The molecule has 0 atom stereocenters. The van der Waals surface area contributed by atoms with E-state index >= 15 is 0 Å². The van der Waals surface area contributed by atoms with Gasteiger partial charge in [-0.1, -0.05) is 30.3 Å². The Hall–Kier alpha value is -3.19. The number of hydrogen-bond acceptors (Lipinski definition) is 6. The zero-order valence-corrected chi connectivity index (χ0v) is 17.2. The van der Waals surface area contributed by atoms with Crippen LogP contribution in [0.3, 0.4) is 0 Å². The van der Waals surface area contributed by atoms with Crippen molar-refractivity contribution < 1.29 is 14.5 Å². The van der Waals surface area contributed by atoms with Crippen LogP contribution in [0.5, 0.6) is 0 Å². The minimum absolute atomic E-state index is 0.111. The van der Waals surface area contributed by atoms with Crippen molar-refractivity contribution in [2.24, 2.45) is 0 Å². The largest absolute Gasteiger partial charge is 0.463 e. The lowest BCUT2D eigenvalue weighted by molar-refractivity contribution is -0.384. The number of carbonyl (C=O) groups excluding carboxylic acids is 1. The minimum Gasteiger partial charge on any atom is -0.463 e. The molecule has 7 heteroatoms. The summed E-state index contributed by atoms with van der Waals surface area (Å²) < 4.78 is 4.85. The molecule has 0 amide bonds. The van der Waals surface area contributed by atoms with Gasteiger partial charge < -0.3 is 15.0 Å². The van der Waals surface area contributed by atoms with Crippen molar-refractivity contribution in [3.63, 3.8) is 0 Å². The summed E-state index contributed by atoms with van der Waals surface area (Å²) >= 11 is 0. The summed E-state index contributed by atoms with van der Waals surface area (Å²) in [6.07, 6.45) is 5.80. The highest BCUT2D eigenvalue weighted by atomic mass is 16.6. The number of benzene rings is 2. The van der Waals surface area contributed by atoms with Gasteiger partial charge in [0.2, 0.25) is 0 Å². The Kier molecular flexibility index (Phi) is 7.57. The van der Waals surface area contributed by atoms with Gasteiger partial charge in [-0.3, -0.25) is 10.1 Å². The predicted octanol–water partition coefficient (Wildman–Crippen LogP) is 3.93. The summed E-state index contributed by atoms with van der Waals surface area (Å²) in [7, 11) is 0. The lowest BCUT2D eigenvalue weighted by atomic mass is 10.0. The highest BCUT2D eigenvalue weighted by Crippen LogP contribution is 2.37. The summed E-state index contributed by atoms with van der Waals surface area (Å²) in [6, 6.07) is 13.4. The Morgan fingerprint density at radius 2 is 1.97 bits per heavy atom. The number of non-ortho nitro benzene ring substituents is 1. The first-order chi connectivity index (χ1) is 14.6. The van der Waals surface area contributed by atoms with Gasteiger partial charge in [0.05, 0.1) is 17.2 Å². The highest BCUT2D eigenvalue weighted by Gasteiger charge is 2.22. The van der Waals surface area contributed by atoms with Crippen LogP contribution in [0.25, 0.3) is 0 Å². The summed E-state index contributed by atoms with van der Waals surface area (Å²) in [6.45, 7) is 4.22. The number of nitro benzene ring substituents is 1. The normalized spacial score (nSPS) is 12.9. The van der Waals surface area contributed by atoms with E-state index in [1.54, 1.807) is 25.1 Å². The van der Waals surface area contributed by atoms with Crippen molar-refractivity contribution >= 4 is 23.0 Å². The Balaban J connectivity index is 1.68. The zero-order chi connectivity index (χ0) is 21.3. The number of rotatable bonds is 9. The number of nitro groups is 1. The van der Waals surface area contributed by atoms with Crippen molar-refractivity contribution in [3.05, 3.63) is 75.9 Å². The molecule has 7 nitrogen and oxygen atoms in total. The number of para-hydroxylation sites is 1. The van der Waals surface area contributed by atoms with Gasteiger partial charge in [-0.05, 0) is 49.9 Å². The molecule has 1 aliphatic heterocycles. The fourth-order valence-corrected chi connectivity index (χ4v) is 3.65. The monoisotopic (exact) mass is 409 g/mol. The molecule has 1 heterocycles. The van der Waals surface area contributed by atoms with Gasteiger partial charge in [0.1, 0.15) is 0 Å². The maximum Gasteiger partial charge on any atom is 0.330 e. The Morgan fingerprint density at radius 1 is 1.20 bits per heavy atom. The molecule has 0 saturated heterocycles. The predicted molar refractivity (Wildman–Crippen MR) is 117 cm³/mol. The Bertz CT molecular complexity index is 926. The molecule has 0 bridgehead atoms. The van der Waals surface area contributed by atoms with Crippen LogP contribution in [0.2, 0.25) is 0 Å². The molecule has 0 saturated carbocycles. The number of aryl methyl sites for hydroxylation is 2. The third kappa shape index (κ3) is 5.45. The van der Waals surface area contributed by atoms with Crippen LogP contribution in [-0.4, -0.2) is 37.1 Å². The van der Waals surface area contributed by atoms with Gasteiger partial charge in [0.15, 0.2) is 0 Å². The van der Waals surface area contributed by atoms with E-state index in [4.69, 9.17) is 4.74 Å². The second kappa shape index (κ2) is 10.5. The quantitative estimate of drug-likeness (QED) is 0.222. The van der Waals surface area contributed by atoms with Gasteiger partial charge >= 0.3 is 5.97 Å². The lowest BCUT2D eigenvalue weighted by Gasteiger charge is -2.27. The average Bonchev–Trinajstić information content (AvgIpc) is 2.90. The van der Waals surface area contributed by atoms with Crippen molar-refractivity contribution in [1.29, 1.82) is 0 Å². The maximum atomic E-state index is 11.3. The number of fused-ring (bicyclic) bond motifs is 2. The standard InChI is InChI=1S/C23H27N3O4/c1-2-30-23(27)9-5-14-24-15-6-16-25-21-8-4-3-7-18(21)10-11-19-12-13-20(26(28)29)17-22(19)25/h3-5,7-9,12-13,17,24H,2,6,10-11,14-16H2,1H3/b9-5+. The SMILES string of the molecule is CCOC(=O)/C=C/CNCCCN1c2ccccc2CCc2ccc([N+](=O)[O-])cc21. The van der Waals surface area contributed by atoms with Gasteiger partial charge in [0.25, 0.3) is 5.69 Å². The van der Waals surface area contributed by atoms with E-state index < -0.39 is 0 Å². The number of hydrogen-bond donors (Lipinski definition) is 1. The van der Waals surface area contributed by atoms with Crippen LogP contribution >= 0.6 is 0 Å². The number of ether oxygens (including phenoxy) is 1. The molecule has 2 aromatic carbocycles. The third-order valence-corrected chi connectivity index (χ3v) is 5.05. The first-order valence-corrected chi connectivity index (χ1v) is 10.3. The van der Waals surface area contributed by atoms with E-state index in [1.165, 1.54) is 11.6 Å². The van der Waals surface area contributed by atoms with E-state index in [0.717, 1.165) is 49.3 Å². The van der Waals surface area contributed by atoms with Crippen LogP contribution < -0.4 is 10.2 Å². The number of nitrogens with one attached hydrogen (secondary N) is 1. The van der Waals surface area contributed by atoms with Crippen molar-refractivity contribution in [1.82, 2.24) is 5.32 Å². The highest BCUT2D eigenvalue weighted by molar-refractivity contribution is 5.81. The van der Waals surface area contributed by atoms with Crippen LogP contribution in [0.4, 0.5) is 17.1 Å². The molecule has 2 aromatic rings. The molecule has 1 aliphatic rings. The van der Waals surface area contributed by atoms with Crippen molar-refractivity contribution in [2.75, 3.05) is 31.1 Å². The Morgan fingerprint density at radius 3 is 2.73 bits per heavy atom. The average molecular weight is 409 g/mol. The summed E-state index contributed by atoms with van der Waals surface area (Å²) in [5.41, 5.74) is 4.51.